The van der Waals surface area contributed by atoms with E-state index in [1.54, 1.807) is 7.05 Å². The molecule has 0 spiro atoms. The van der Waals surface area contributed by atoms with Crippen LogP contribution in [0.15, 0.2) is 0 Å². The normalized spacial score (nSPS) is 19.9. The Balaban J connectivity index is 2.40. The summed E-state index contributed by atoms with van der Waals surface area (Å²) in [5.41, 5.74) is 0. The third kappa shape index (κ3) is 2.27. The van der Waals surface area contributed by atoms with Crippen LogP contribution in [0.2, 0.25) is 0 Å². The van der Waals surface area contributed by atoms with Gasteiger partial charge in [0.05, 0.1) is 6.26 Å². The van der Waals surface area contributed by atoms with Crippen LogP contribution in [0.4, 0.5) is 0 Å². The largest absolute Gasteiger partial charge is 0.213 e. The van der Waals surface area contributed by atoms with Crippen LogP contribution in [0.25, 0.3) is 0 Å². The van der Waals surface area contributed by atoms with E-state index in [-0.39, 0.29) is 0 Å². The zero-order valence-corrected chi connectivity index (χ0v) is 7.19. The highest BCUT2D eigenvalue weighted by Gasteiger charge is 2.25. The zero-order valence-electron chi connectivity index (χ0n) is 6.37. The Morgan fingerprint density at radius 3 is 2.30 bits per heavy atom. The number of rotatable bonds is 3. The smallest absolute Gasteiger partial charge is 0.210 e. The second-order valence-electron chi connectivity index (χ2n) is 2.99. The number of hydrogen-bond donors (Lipinski definition) is 0. The van der Waals surface area contributed by atoms with Gasteiger partial charge in [0.1, 0.15) is 0 Å². The summed E-state index contributed by atoms with van der Waals surface area (Å²) in [6.07, 6.45) is 3.63. The van der Waals surface area contributed by atoms with E-state index >= 15 is 0 Å². The lowest BCUT2D eigenvalue weighted by molar-refractivity contribution is 0.457. The fourth-order valence-electron chi connectivity index (χ4n) is 0.799. The Labute approximate surface area is 62.1 Å². The van der Waals surface area contributed by atoms with Gasteiger partial charge in [-0.2, -0.15) is 0 Å². The quantitative estimate of drug-likeness (QED) is 0.599. The molecule has 1 aliphatic rings. The third-order valence-corrected chi connectivity index (χ3v) is 3.06. The average Bonchev–Trinajstić information content (AvgIpc) is 2.47. The van der Waals surface area contributed by atoms with Crippen molar-refractivity contribution in [3.63, 3.8) is 0 Å². The van der Waals surface area contributed by atoms with E-state index < -0.39 is 10.0 Å². The van der Waals surface area contributed by atoms with Gasteiger partial charge < -0.3 is 0 Å². The molecular formula is C6H13NO2S. The zero-order chi connectivity index (χ0) is 7.78. The molecule has 0 N–H and O–H groups in total. The molecule has 0 aliphatic heterocycles. The van der Waals surface area contributed by atoms with Crippen molar-refractivity contribution in [1.82, 2.24) is 4.31 Å². The second-order valence-corrected chi connectivity index (χ2v) is 5.08. The van der Waals surface area contributed by atoms with Gasteiger partial charge in [-0.3, -0.25) is 0 Å². The molecule has 60 valence electrons. The topological polar surface area (TPSA) is 37.4 Å². The van der Waals surface area contributed by atoms with Gasteiger partial charge in [-0.1, -0.05) is 0 Å². The fraction of sp³-hybridized carbons (Fsp3) is 1.00. The van der Waals surface area contributed by atoms with Crippen LogP contribution in [0.1, 0.15) is 12.8 Å². The molecule has 0 radical (unpaired) electrons. The third-order valence-electron chi connectivity index (χ3n) is 1.78. The van der Waals surface area contributed by atoms with Crippen LogP contribution in [-0.4, -0.2) is 32.6 Å². The van der Waals surface area contributed by atoms with Gasteiger partial charge >= 0.3 is 0 Å². The Morgan fingerprint density at radius 2 is 2.00 bits per heavy atom. The summed E-state index contributed by atoms with van der Waals surface area (Å²) >= 11 is 0. The van der Waals surface area contributed by atoms with E-state index in [9.17, 15) is 8.42 Å². The van der Waals surface area contributed by atoms with Crippen LogP contribution in [0, 0.1) is 5.92 Å². The standard InChI is InChI=1S/C6H13NO2S/c1-7(10(2,8)9)5-6-3-4-6/h6H,3-5H2,1-2H3. The van der Waals surface area contributed by atoms with Gasteiger partial charge in [0.15, 0.2) is 0 Å². The predicted molar refractivity (Wildman–Crippen MR) is 40.2 cm³/mol. The molecule has 0 amide bonds. The van der Waals surface area contributed by atoms with E-state index in [0.717, 1.165) is 0 Å². The number of hydrogen-bond acceptors (Lipinski definition) is 2. The van der Waals surface area contributed by atoms with Crippen LogP contribution in [0.5, 0.6) is 0 Å². The first kappa shape index (κ1) is 8.01. The van der Waals surface area contributed by atoms with Gasteiger partial charge in [0.2, 0.25) is 10.0 Å². The van der Waals surface area contributed by atoms with E-state index in [0.29, 0.717) is 12.5 Å². The van der Waals surface area contributed by atoms with Crippen molar-refractivity contribution in [2.75, 3.05) is 19.8 Å². The molecule has 4 heteroatoms. The highest BCUT2D eigenvalue weighted by Crippen LogP contribution is 2.29. The molecule has 0 unspecified atom stereocenters. The van der Waals surface area contributed by atoms with Gasteiger partial charge in [-0.05, 0) is 18.8 Å². The minimum atomic E-state index is -2.92. The molecule has 1 saturated carbocycles. The lowest BCUT2D eigenvalue weighted by Crippen LogP contribution is -2.27. The fourth-order valence-corrected chi connectivity index (χ4v) is 1.28. The minimum absolute atomic E-state index is 0.639. The van der Waals surface area contributed by atoms with E-state index in [2.05, 4.69) is 0 Å². The molecule has 1 rings (SSSR count). The summed E-state index contributed by atoms with van der Waals surface area (Å²) in [7, 11) is -1.29. The lowest BCUT2D eigenvalue weighted by Gasteiger charge is -2.12. The Morgan fingerprint density at radius 1 is 1.50 bits per heavy atom. The first-order valence-corrected chi connectivity index (χ1v) is 5.26. The molecule has 0 aromatic rings. The van der Waals surface area contributed by atoms with Gasteiger partial charge in [0, 0.05) is 13.6 Å². The number of sulfonamides is 1. The molecule has 1 fully saturated rings. The van der Waals surface area contributed by atoms with Crippen molar-refractivity contribution in [1.29, 1.82) is 0 Å². The highest BCUT2D eigenvalue weighted by molar-refractivity contribution is 7.88. The molecule has 0 aromatic carbocycles. The Bertz CT molecular complexity index is 206. The van der Waals surface area contributed by atoms with Crippen molar-refractivity contribution in [2.45, 2.75) is 12.8 Å². The molecule has 10 heavy (non-hydrogen) atoms. The molecule has 0 aromatic heterocycles. The van der Waals surface area contributed by atoms with Crippen molar-refractivity contribution >= 4 is 10.0 Å². The lowest BCUT2D eigenvalue weighted by atomic mass is 10.4. The maximum Gasteiger partial charge on any atom is 0.210 e. The maximum atomic E-state index is 10.8. The summed E-state index contributed by atoms with van der Waals surface area (Å²) in [6.45, 7) is 0.707. The molecule has 0 atom stereocenters. The first-order chi connectivity index (χ1) is 4.50. The molecule has 3 nitrogen and oxygen atoms in total. The summed E-state index contributed by atoms with van der Waals surface area (Å²) in [5, 5.41) is 0. The first-order valence-electron chi connectivity index (χ1n) is 3.41. The second kappa shape index (κ2) is 2.51. The molecule has 0 heterocycles. The van der Waals surface area contributed by atoms with Crippen LogP contribution < -0.4 is 0 Å². The van der Waals surface area contributed by atoms with Gasteiger partial charge in [-0.25, -0.2) is 12.7 Å². The van der Waals surface area contributed by atoms with Crippen molar-refractivity contribution in [3.05, 3.63) is 0 Å². The van der Waals surface area contributed by atoms with Gasteiger partial charge in [-0.15, -0.1) is 0 Å². The average molecular weight is 163 g/mol. The molecule has 1 aliphatic carbocycles. The predicted octanol–water partition coefficient (Wildman–Crippen LogP) is 0.288. The van der Waals surface area contributed by atoms with Crippen molar-refractivity contribution < 1.29 is 8.42 Å². The molecular weight excluding hydrogens is 150 g/mol. The molecule has 0 bridgehead atoms. The summed E-state index contributed by atoms with van der Waals surface area (Å²) < 4.78 is 23.1. The van der Waals surface area contributed by atoms with E-state index in [1.807, 2.05) is 0 Å². The van der Waals surface area contributed by atoms with E-state index in [4.69, 9.17) is 0 Å². The minimum Gasteiger partial charge on any atom is -0.213 e. The maximum absolute atomic E-state index is 10.8. The van der Waals surface area contributed by atoms with Crippen molar-refractivity contribution in [2.24, 2.45) is 5.92 Å². The summed E-state index contributed by atoms with van der Waals surface area (Å²) in [6, 6.07) is 0. The Kier molecular flexibility index (Phi) is 2.01. The SMILES string of the molecule is CN(CC1CC1)S(C)(=O)=O. The monoisotopic (exact) mass is 163 g/mol. The van der Waals surface area contributed by atoms with Crippen LogP contribution in [0.3, 0.4) is 0 Å². The van der Waals surface area contributed by atoms with Crippen molar-refractivity contribution in [3.8, 4) is 0 Å². The number of nitrogens with zero attached hydrogens (tertiary/aromatic N) is 1. The molecule has 0 saturated heterocycles. The Hall–Kier alpha value is -0.0900. The van der Waals surface area contributed by atoms with Gasteiger partial charge in [0.25, 0.3) is 0 Å². The van der Waals surface area contributed by atoms with Crippen LogP contribution >= 0.6 is 0 Å². The van der Waals surface area contributed by atoms with E-state index in [1.165, 1.54) is 23.4 Å². The summed E-state index contributed by atoms with van der Waals surface area (Å²) in [4.78, 5) is 0. The highest BCUT2D eigenvalue weighted by atomic mass is 32.2. The van der Waals surface area contributed by atoms with Crippen LogP contribution in [-0.2, 0) is 10.0 Å². The summed E-state index contributed by atoms with van der Waals surface area (Å²) in [5.74, 6) is 0.639.